The molecule has 75 valence electrons. The third-order valence-corrected chi connectivity index (χ3v) is 1.16. The number of carbonyl (C=O) groups is 2. The normalized spacial score (nSPS) is 10.8. The highest BCUT2D eigenvalue weighted by atomic mass is 16.6. The summed E-state index contributed by atoms with van der Waals surface area (Å²) in [5, 5.41) is 0. The summed E-state index contributed by atoms with van der Waals surface area (Å²) < 4.78 is 9.25. The molecule has 0 saturated carbocycles. The second kappa shape index (κ2) is 4.84. The van der Waals surface area contributed by atoms with E-state index in [1.165, 1.54) is 13.5 Å². The molecule has 0 amide bonds. The zero-order valence-electron chi connectivity index (χ0n) is 8.42. The first kappa shape index (κ1) is 11.9. The molecule has 13 heavy (non-hydrogen) atoms. The van der Waals surface area contributed by atoms with Crippen LogP contribution in [0.3, 0.4) is 0 Å². The Bertz CT molecular complexity index is 190. The molecule has 0 aliphatic rings. The lowest BCUT2D eigenvalue weighted by Crippen LogP contribution is -2.22. The van der Waals surface area contributed by atoms with Gasteiger partial charge in [0.1, 0.15) is 6.61 Å². The van der Waals surface area contributed by atoms with Crippen LogP contribution in [-0.4, -0.2) is 18.5 Å². The van der Waals surface area contributed by atoms with Crippen molar-refractivity contribution in [3.63, 3.8) is 0 Å². The summed E-state index contributed by atoms with van der Waals surface area (Å²) in [6.45, 7) is 7.70. The molecule has 0 aromatic carbocycles. The van der Waals surface area contributed by atoms with E-state index in [0.717, 1.165) is 0 Å². The standard InChI is InChI=1S/C9H15O4/c1-7(10)12-5-6-13-8(11)9(2,3)4/h6H,5H2,1-4H3. The van der Waals surface area contributed by atoms with Gasteiger partial charge in [0.25, 0.3) is 0 Å². The lowest BCUT2D eigenvalue weighted by Gasteiger charge is -2.15. The summed E-state index contributed by atoms with van der Waals surface area (Å²) in [4.78, 5) is 21.4. The highest BCUT2D eigenvalue weighted by molar-refractivity contribution is 5.75. The predicted molar refractivity (Wildman–Crippen MR) is 46.5 cm³/mol. The number of hydrogen-bond donors (Lipinski definition) is 0. The number of carbonyl (C=O) groups excluding carboxylic acids is 2. The minimum atomic E-state index is -0.535. The minimum Gasteiger partial charge on any atom is -0.462 e. The van der Waals surface area contributed by atoms with E-state index in [2.05, 4.69) is 4.74 Å². The Morgan fingerprint density at radius 1 is 1.31 bits per heavy atom. The molecule has 0 atom stereocenters. The van der Waals surface area contributed by atoms with E-state index in [-0.39, 0.29) is 12.6 Å². The van der Waals surface area contributed by atoms with Gasteiger partial charge in [0.05, 0.1) is 5.41 Å². The van der Waals surface area contributed by atoms with Gasteiger partial charge in [-0.3, -0.25) is 9.59 Å². The third-order valence-electron chi connectivity index (χ3n) is 1.16. The molecule has 0 fully saturated rings. The quantitative estimate of drug-likeness (QED) is 0.493. The van der Waals surface area contributed by atoms with Gasteiger partial charge in [0.15, 0.2) is 6.61 Å². The highest BCUT2D eigenvalue weighted by Crippen LogP contribution is 2.15. The van der Waals surface area contributed by atoms with Gasteiger partial charge in [-0.25, -0.2) is 0 Å². The van der Waals surface area contributed by atoms with Crippen molar-refractivity contribution in [2.45, 2.75) is 27.7 Å². The molecule has 0 heterocycles. The van der Waals surface area contributed by atoms with Crippen LogP contribution >= 0.6 is 0 Å². The molecule has 0 aromatic rings. The minimum absolute atomic E-state index is 0.00282. The molecule has 0 N–H and O–H groups in total. The maximum Gasteiger partial charge on any atom is 0.311 e. The molecule has 1 radical (unpaired) electrons. The Kier molecular flexibility index (Phi) is 4.45. The average molecular weight is 187 g/mol. The van der Waals surface area contributed by atoms with Crippen molar-refractivity contribution in [1.82, 2.24) is 0 Å². The van der Waals surface area contributed by atoms with Crippen LogP contribution in [0, 0.1) is 12.0 Å². The van der Waals surface area contributed by atoms with Crippen molar-refractivity contribution in [1.29, 1.82) is 0 Å². The van der Waals surface area contributed by atoms with E-state index < -0.39 is 11.4 Å². The molecular weight excluding hydrogens is 172 g/mol. The van der Waals surface area contributed by atoms with Crippen molar-refractivity contribution < 1.29 is 19.1 Å². The SMILES string of the molecule is CC(=O)OC[CH]OC(=O)C(C)(C)C. The molecule has 0 aliphatic carbocycles. The molecule has 0 rings (SSSR count). The van der Waals surface area contributed by atoms with Crippen LogP contribution in [0.1, 0.15) is 27.7 Å². The zero-order chi connectivity index (χ0) is 10.5. The average Bonchev–Trinajstić information content (AvgIpc) is 1.95. The summed E-state index contributed by atoms with van der Waals surface area (Å²) in [6, 6.07) is 0. The summed E-state index contributed by atoms with van der Waals surface area (Å²) >= 11 is 0. The van der Waals surface area contributed by atoms with Gasteiger partial charge >= 0.3 is 11.9 Å². The molecule has 0 aliphatic heterocycles. The lowest BCUT2D eigenvalue weighted by molar-refractivity contribution is -0.153. The first-order chi connectivity index (χ1) is 5.84. The summed E-state index contributed by atoms with van der Waals surface area (Å²) in [7, 11) is 0. The van der Waals surface area contributed by atoms with Crippen molar-refractivity contribution in [2.75, 3.05) is 6.61 Å². The maximum absolute atomic E-state index is 11.1. The molecule has 4 nitrogen and oxygen atoms in total. The fourth-order valence-corrected chi connectivity index (χ4v) is 0.438. The third kappa shape index (κ3) is 6.13. The molecule has 4 heteroatoms. The molecular formula is C9H15O4. The lowest BCUT2D eigenvalue weighted by atomic mass is 9.97. The van der Waals surface area contributed by atoms with E-state index in [9.17, 15) is 9.59 Å². The van der Waals surface area contributed by atoms with Crippen LogP contribution in [0.15, 0.2) is 0 Å². The number of ether oxygens (including phenoxy) is 2. The van der Waals surface area contributed by atoms with Crippen molar-refractivity contribution in [2.24, 2.45) is 5.41 Å². The van der Waals surface area contributed by atoms with Gasteiger partial charge in [0, 0.05) is 6.92 Å². The Balaban J connectivity index is 3.55. The summed E-state index contributed by atoms with van der Waals surface area (Å²) in [6.07, 6.45) is 0. The van der Waals surface area contributed by atoms with E-state index in [0.29, 0.717) is 0 Å². The fraction of sp³-hybridized carbons (Fsp3) is 0.667. The Labute approximate surface area is 78.2 Å². The Morgan fingerprint density at radius 2 is 1.85 bits per heavy atom. The van der Waals surface area contributed by atoms with Crippen molar-refractivity contribution >= 4 is 11.9 Å². The molecule has 0 saturated heterocycles. The summed E-state index contributed by atoms with van der Waals surface area (Å²) in [5.41, 5.74) is -0.535. The van der Waals surface area contributed by atoms with Crippen LogP contribution in [-0.2, 0) is 19.1 Å². The second-order valence-corrected chi connectivity index (χ2v) is 3.62. The van der Waals surface area contributed by atoms with E-state index in [1.54, 1.807) is 20.8 Å². The summed E-state index contributed by atoms with van der Waals surface area (Å²) in [5.74, 6) is -0.747. The van der Waals surface area contributed by atoms with Gasteiger partial charge in [-0.05, 0) is 20.8 Å². The molecule has 0 aromatic heterocycles. The molecule has 0 spiro atoms. The molecule has 0 bridgehead atoms. The van der Waals surface area contributed by atoms with E-state index in [1.807, 2.05) is 0 Å². The first-order valence-electron chi connectivity index (χ1n) is 4.00. The van der Waals surface area contributed by atoms with Gasteiger partial charge in [-0.1, -0.05) is 0 Å². The van der Waals surface area contributed by atoms with Crippen molar-refractivity contribution in [3.8, 4) is 0 Å². The van der Waals surface area contributed by atoms with Crippen molar-refractivity contribution in [3.05, 3.63) is 6.61 Å². The molecule has 0 unspecified atom stereocenters. The van der Waals surface area contributed by atoms with Crippen LogP contribution in [0.2, 0.25) is 0 Å². The maximum atomic E-state index is 11.1. The van der Waals surface area contributed by atoms with Gasteiger partial charge in [-0.2, -0.15) is 0 Å². The van der Waals surface area contributed by atoms with Gasteiger partial charge in [0.2, 0.25) is 0 Å². The van der Waals surface area contributed by atoms with E-state index in [4.69, 9.17) is 4.74 Å². The van der Waals surface area contributed by atoms with Gasteiger partial charge in [-0.15, -0.1) is 0 Å². The zero-order valence-corrected chi connectivity index (χ0v) is 8.42. The highest BCUT2D eigenvalue weighted by Gasteiger charge is 2.22. The number of hydrogen-bond acceptors (Lipinski definition) is 4. The van der Waals surface area contributed by atoms with Crippen LogP contribution in [0.5, 0.6) is 0 Å². The van der Waals surface area contributed by atoms with Gasteiger partial charge < -0.3 is 9.47 Å². The topological polar surface area (TPSA) is 52.6 Å². The fourth-order valence-electron chi connectivity index (χ4n) is 0.438. The second-order valence-electron chi connectivity index (χ2n) is 3.62. The van der Waals surface area contributed by atoms with E-state index >= 15 is 0 Å². The monoisotopic (exact) mass is 187 g/mol. The Hall–Kier alpha value is -1.06. The number of rotatable bonds is 3. The van der Waals surface area contributed by atoms with Crippen LogP contribution in [0.4, 0.5) is 0 Å². The smallest absolute Gasteiger partial charge is 0.311 e. The van der Waals surface area contributed by atoms with Crippen LogP contribution in [0.25, 0.3) is 0 Å². The largest absolute Gasteiger partial charge is 0.462 e. The number of esters is 2. The Morgan fingerprint density at radius 3 is 2.23 bits per heavy atom. The predicted octanol–water partition coefficient (Wildman–Crippen LogP) is 1.30. The first-order valence-corrected chi connectivity index (χ1v) is 4.00. The van der Waals surface area contributed by atoms with Crippen LogP contribution < -0.4 is 0 Å².